The van der Waals surface area contributed by atoms with Crippen LogP contribution in [-0.2, 0) is 6.54 Å². The Morgan fingerprint density at radius 3 is 2.68 bits per heavy atom. The standard InChI is InChI=1S/C13H12N4OS/c18-9-8-16-12-11(2-1-5-15-12)17(13(16)19)10-3-6-14-7-4-10/h1-7,18H,8-9H2. The van der Waals surface area contributed by atoms with Crippen LogP contribution in [-0.4, -0.2) is 30.8 Å². The number of aromatic nitrogens is 4. The van der Waals surface area contributed by atoms with Crippen molar-refractivity contribution in [1.29, 1.82) is 0 Å². The number of imidazole rings is 1. The molecule has 0 unspecified atom stereocenters. The van der Waals surface area contributed by atoms with Gasteiger partial charge in [-0.05, 0) is 36.5 Å². The van der Waals surface area contributed by atoms with Crippen molar-refractivity contribution in [2.75, 3.05) is 6.61 Å². The van der Waals surface area contributed by atoms with Gasteiger partial charge in [-0.25, -0.2) is 4.98 Å². The number of rotatable bonds is 3. The number of hydrogen-bond donors (Lipinski definition) is 1. The van der Waals surface area contributed by atoms with Crippen molar-refractivity contribution in [2.45, 2.75) is 6.54 Å². The molecule has 0 aliphatic heterocycles. The SMILES string of the molecule is OCCn1c(=S)n(-c2ccncc2)c2cccnc21. The minimum atomic E-state index is 0.0281. The Morgan fingerprint density at radius 2 is 1.95 bits per heavy atom. The van der Waals surface area contributed by atoms with E-state index in [4.69, 9.17) is 17.3 Å². The largest absolute Gasteiger partial charge is 0.395 e. The zero-order chi connectivity index (χ0) is 13.2. The van der Waals surface area contributed by atoms with Crippen LogP contribution < -0.4 is 0 Å². The van der Waals surface area contributed by atoms with E-state index in [-0.39, 0.29) is 6.61 Å². The monoisotopic (exact) mass is 272 g/mol. The van der Waals surface area contributed by atoms with E-state index in [9.17, 15) is 0 Å². The van der Waals surface area contributed by atoms with Crippen LogP contribution >= 0.6 is 12.2 Å². The highest BCUT2D eigenvalue weighted by molar-refractivity contribution is 7.71. The van der Waals surface area contributed by atoms with Gasteiger partial charge >= 0.3 is 0 Å². The van der Waals surface area contributed by atoms with E-state index in [1.807, 2.05) is 33.4 Å². The second-order valence-electron chi connectivity index (χ2n) is 4.04. The van der Waals surface area contributed by atoms with Crippen molar-refractivity contribution in [3.05, 3.63) is 47.6 Å². The van der Waals surface area contributed by atoms with Gasteiger partial charge in [-0.1, -0.05) is 0 Å². The molecule has 0 spiro atoms. The number of hydrogen-bond acceptors (Lipinski definition) is 4. The fraction of sp³-hybridized carbons (Fsp3) is 0.154. The molecule has 0 aliphatic carbocycles. The minimum absolute atomic E-state index is 0.0281. The average Bonchev–Trinajstić information content (AvgIpc) is 2.73. The quantitative estimate of drug-likeness (QED) is 0.740. The first-order chi connectivity index (χ1) is 9.33. The van der Waals surface area contributed by atoms with Crippen LogP contribution in [0, 0.1) is 4.77 Å². The summed E-state index contributed by atoms with van der Waals surface area (Å²) >= 11 is 5.49. The number of nitrogens with zero attached hydrogens (tertiary/aromatic N) is 4. The lowest BCUT2D eigenvalue weighted by Gasteiger charge is -2.03. The molecular formula is C13H12N4OS. The molecule has 0 bridgehead atoms. The summed E-state index contributed by atoms with van der Waals surface area (Å²) in [5.74, 6) is 0. The molecule has 1 N–H and O–H groups in total. The molecule has 3 heterocycles. The van der Waals surface area contributed by atoms with Gasteiger partial charge < -0.3 is 5.11 Å². The molecule has 0 saturated heterocycles. The number of aliphatic hydroxyl groups excluding tert-OH is 1. The third-order valence-electron chi connectivity index (χ3n) is 2.93. The molecule has 0 saturated carbocycles. The van der Waals surface area contributed by atoms with E-state index in [1.165, 1.54) is 0 Å². The average molecular weight is 272 g/mol. The Hall–Kier alpha value is -2.05. The predicted molar refractivity (Wildman–Crippen MR) is 74.8 cm³/mol. The van der Waals surface area contributed by atoms with E-state index >= 15 is 0 Å². The van der Waals surface area contributed by atoms with Gasteiger partial charge in [0.1, 0.15) is 0 Å². The Balaban J connectivity index is 2.37. The highest BCUT2D eigenvalue weighted by Crippen LogP contribution is 2.20. The number of fused-ring (bicyclic) bond motifs is 1. The zero-order valence-electron chi connectivity index (χ0n) is 10.1. The molecule has 3 aromatic rings. The van der Waals surface area contributed by atoms with E-state index in [0.717, 1.165) is 16.9 Å². The topological polar surface area (TPSA) is 55.9 Å². The summed E-state index contributed by atoms with van der Waals surface area (Å²) in [6, 6.07) is 7.63. The third-order valence-corrected chi connectivity index (χ3v) is 3.33. The lowest BCUT2D eigenvalue weighted by Crippen LogP contribution is -2.04. The summed E-state index contributed by atoms with van der Waals surface area (Å²) in [7, 11) is 0. The molecule has 5 nitrogen and oxygen atoms in total. The Kier molecular flexibility index (Phi) is 3.10. The van der Waals surface area contributed by atoms with Crippen LogP contribution in [0.25, 0.3) is 16.9 Å². The van der Waals surface area contributed by atoms with Crippen molar-refractivity contribution < 1.29 is 5.11 Å². The first kappa shape index (κ1) is 12.0. The summed E-state index contributed by atoms with van der Waals surface area (Å²) in [5, 5.41) is 9.17. The van der Waals surface area contributed by atoms with E-state index in [0.29, 0.717) is 11.3 Å². The van der Waals surface area contributed by atoms with Gasteiger partial charge in [-0.15, -0.1) is 0 Å². The van der Waals surface area contributed by atoms with E-state index in [1.54, 1.807) is 18.6 Å². The molecule has 3 rings (SSSR count). The van der Waals surface area contributed by atoms with Gasteiger partial charge in [0.2, 0.25) is 0 Å². The van der Waals surface area contributed by atoms with Crippen LogP contribution in [0.5, 0.6) is 0 Å². The van der Waals surface area contributed by atoms with Crippen LogP contribution in [0.1, 0.15) is 0 Å². The minimum Gasteiger partial charge on any atom is -0.395 e. The first-order valence-corrected chi connectivity index (χ1v) is 6.31. The van der Waals surface area contributed by atoms with Crippen molar-refractivity contribution in [3.8, 4) is 5.69 Å². The van der Waals surface area contributed by atoms with Gasteiger partial charge in [0, 0.05) is 18.6 Å². The normalized spacial score (nSPS) is 11.0. The summed E-state index contributed by atoms with van der Waals surface area (Å²) in [6.07, 6.45) is 5.17. The van der Waals surface area contributed by atoms with E-state index < -0.39 is 0 Å². The summed E-state index contributed by atoms with van der Waals surface area (Å²) in [6.45, 7) is 0.463. The van der Waals surface area contributed by atoms with Crippen LogP contribution in [0.15, 0.2) is 42.9 Å². The molecule has 19 heavy (non-hydrogen) atoms. The molecule has 96 valence electrons. The van der Waals surface area contributed by atoms with Crippen LogP contribution in [0.4, 0.5) is 0 Å². The number of pyridine rings is 2. The highest BCUT2D eigenvalue weighted by Gasteiger charge is 2.12. The molecule has 0 radical (unpaired) electrons. The Morgan fingerprint density at radius 1 is 1.16 bits per heavy atom. The van der Waals surface area contributed by atoms with Crippen molar-refractivity contribution in [3.63, 3.8) is 0 Å². The zero-order valence-corrected chi connectivity index (χ0v) is 10.9. The fourth-order valence-electron chi connectivity index (χ4n) is 2.13. The summed E-state index contributed by atoms with van der Waals surface area (Å²) < 4.78 is 4.40. The van der Waals surface area contributed by atoms with Gasteiger partial charge in [0.05, 0.1) is 24.4 Å². The maximum atomic E-state index is 9.17. The lowest BCUT2D eigenvalue weighted by atomic mass is 10.3. The number of aliphatic hydroxyl groups is 1. The second kappa shape index (κ2) is 4.91. The smallest absolute Gasteiger partial charge is 0.186 e. The van der Waals surface area contributed by atoms with Gasteiger partial charge in [-0.3, -0.25) is 14.1 Å². The molecule has 0 fully saturated rings. The summed E-state index contributed by atoms with van der Waals surface area (Å²) in [5.41, 5.74) is 2.64. The fourth-order valence-corrected chi connectivity index (χ4v) is 2.51. The lowest BCUT2D eigenvalue weighted by molar-refractivity contribution is 0.276. The Labute approximate surface area is 114 Å². The maximum absolute atomic E-state index is 9.17. The molecule has 0 amide bonds. The van der Waals surface area contributed by atoms with Crippen molar-refractivity contribution in [2.24, 2.45) is 0 Å². The molecule has 6 heteroatoms. The van der Waals surface area contributed by atoms with Crippen molar-refractivity contribution in [1.82, 2.24) is 19.1 Å². The highest BCUT2D eigenvalue weighted by atomic mass is 32.1. The van der Waals surface area contributed by atoms with E-state index in [2.05, 4.69) is 9.97 Å². The first-order valence-electron chi connectivity index (χ1n) is 5.90. The Bertz CT molecular complexity index is 763. The van der Waals surface area contributed by atoms with Gasteiger partial charge in [-0.2, -0.15) is 0 Å². The second-order valence-corrected chi connectivity index (χ2v) is 4.41. The van der Waals surface area contributed by atoms with Crippen LogP contribution in [0.2, 0.25) is 0 Å². The molecule has 0 aliphatic rings. The van der Waals surface area contributed by atoms with Crippen LogP contribution in [0.3, 0.4) is 0 Å². The van der Waals surface area contributed by atoms with Gasteiger partial charge in [0.25, 0.3) is 0 Å². The molecular weight excluding hydrogens is 260 g/mol. The molecule has 0 atom stereocenters. The molecule has 3 aromatic heterocycles. The summed E-state index contributed by atoms with van der Waals surface area (Å²) in [4.78, 5) is 8.37. The van der Waals surface area contributed by atoms with Gasteiger partial charge in [0.15, 0.2) is 10.4 Å². The third kappa shape index (κ3) is 1.94. The molecule has 0 aromatic carbocycles. The van der Waals surface area contributed by atoms with Crippen molar-refractivity contribution >= 4 is 23.4 Å². The predicted octanol–water partition coefficient (Wildman–Crippen LogP) is 1.94. The maximum Gasteiger partial charge on any atom is 0.186 e.